The summed E-state index contributed by atoms with van der Waals surface area (Å²) < 4.78 is 0. The van der Waals surface area contributed by atoms with Gasteiger partial charge in [0.15, 0.2) is 0 Å². The minimum absolute atomic E-state index is 0.0833. The van der Waals surface area contributed by atoms with Gasteiger partial charge in [-0.25, -0.2) is 0 Å². The zero-order valence-electron chi connectivity index (χ0n) is 15.3. The lowest BCUT2D eigenvalue weighted by Crippen LogP contribution is -2.33. The van der Waals surface area contributed by atoms with Gasteiger partial charge in [0.25, 0.3) is 11.8 Å². The van der Waals surface area contributed by atoms with Crippen LogP contribution in [0.25, 0.3) is 0 Å². The van der Waals surface area contributed by atoms with Gasteiger partial charge in [0.05, 0.1) is 0 Å². The molecule has 0 unspecified atom stereocenters. The number of rotatable bonds is 6. The first-order chi connectivity index (χ1) is 12.0. The number of anilines is 1. The summed E-state index contributed by atoms with van der Waals surface area (Å²) in [6.07, 6.45) is 1.52. The molecular weight excluding hydrogens is 314 g/mol. The molecule has 0 aliphatic carbocycles. The van der Waals surface area contributed by atoms with Crippen LogP contribution in [0.4, 0.5) is 5.69 Å². The van der Waals surface area contributed by atoms with E-state index in [9.17, 15) is 9.59 Å². The standard InChI is InChI=1S/C20H25N3O2/c1-5-22(6-2)19(24)16-11-12-21-18(14-16)20(25)23(7-3)17-10-8-9-15(4)13-17/h8-14H,5-7H2,1-4H3. The maximum Gasteiger partial charge on any atom is 0.276 e. The van der Waals surface area contributed by atoms with Gasteiger partial charge in [-0.2, -0.15) is 0 Å². The molecule has 25 heavy (non-hydrogen) atoms. The van der Waals surface area contributed by atoms with Gasteiger partial charge in [-0.15, -0.1) is 0 Å². The number of benzene rings is 1. The minimum atomic E-state index is -0.206. The molecule has 0 saturated carbocycles. The van der Waals surface area contributed by atoms with Crippen molar-refractivity contribution in [3.8, 4) is 0 Å². The second kappa shape index (κ2) is 8.42. The highest BCUT2D eigenvalue weighted by Crippen LogP contribution is 2.18. The fourth-order valence-corrected chi connectivity index (χ4v) is 2.75. The molecule has 2 rings (SSSR count). The van der Waals surface area contributed by atoms with E-state index in [1.807, 2.05) is 52.0 Å². The molecule has 1 heterocycles. The zero-order valence-corrected chi connectivity index (χ0v) is 15.3. The molecule has 1 aromatic carbocycles. The highest BCUT2D eigenvalue weighted by atomic mass is 16.2. The van der Waals surface area contributed by atoms with Gasteiger partial charge in [-0.1, -0.05) is 12.1 Å². The van der Waals surface area contributed by atoms with Crippen molar-refractivity contribution < 1.29 is 9.59 Å². The fraction of sp³-hybridized carbons (Fsp3) is 0.350. The molecule has 0 N–H and O–H groups in total. The molecule has 0 spiro atoms. The lowest BCUT2D eigenvalue weighted by atomic mass is 10.1. The van der Waals surface area contributed by atoms with E-state index in [1.54, 1.807) is 21.9 Å². The van der Waals surface area contributed by atoms with Gasteiger partial charge in [0.2, 0.25) is 0 Å². The van der Waals surface area contributed by atoms with E-state index in [2.05, 4.69) is 4.98 Å². The number of pyridine rings is 1. The van der Waals surface area contributed by atoms with Crippen LogP contribution in [0.5, 0.6) is 0 Å². The lowest BCUT2D eigenvalue weighted by Gasteiger charge is -2.22. The summed E-state index contributed by atoms with van der Waals surface area (Å²) in [6.45, 7) is 9.57. The smallest absolute Gasteiger partial charge is 0.276 e. The van der Waals surface area contributed by atoms with Crippen molar-refractivity contribution in [2.45, 2.75) is 27.7 Å². The van der Waals surface area contributed by atoms with Crippen molar-refractivity contribution in [1.82, 2.24) is 9.88 Å². The van der Waals surface area contributed by atoms with E-state index in [4.69, 9.17) is 0 Å². The normalized spacial score (nSPS) is 10.4. The summed E-state index contributed by atoms with van der Waals surface area (Å²) in [6, 6.07) is 11.0. The molecule has 0 radical (unpaired) electrons. The monoisotopic (exact) mass is 339 g/mol. The van der Waals surface area contributed by atoms with Crippen LogP contribution in [0.2, 0.25) is 0 Å². The first kappa shape index (κ1) is 18.6. The summed E-state index contributed by atoms with van der Waals surface area (Å²) in [5, 5.41) is 0. The van der Waals surface area contributed by atoms with Crippen molar-refractivity contribution in [2.24, 2.45) is 0 Å². The van der Waals surface area contributed by atoms with Crippen molar-refractivity contribution in [2.75, 3.05) is 24.5 Å². The number of carbonyl (C=O) groups excluding carboxylic acids is 2. The van der Waals surface area contributed by atoms with E-state index in [0.29, 0.717) is 25.2 Å². The van der Waals surface area contributed by atoms with Crippen LogP contribution in [0.3, 0.4) is 0 Å². The van der Waals surface area contributed by atoms with E-state index in [-0.39, 0.29) is 17.5 Å². The summed E-state index contributed by atoms with van der Waals surface area (Å²) in [4.78, 5) is 33.0. The third kappa shape index (κ3) is 4.24. The fourth-order valence-electron chi connectivity index (χ4n) is 2.75. The number of amides is 2. The second-order valence-electron chi connectivity index (χ2n) is 5.80. The summed E-state index contributed by atoms with van der Waals surface area (Å²) >= 11 is 0. The summed E-state index contributed by atoms with van der Waals surface area (Å²) in [5.41, 5.74) is 2.68. The van der Waals surface area contributed by atoms with Crippen molar-refractivity contribution in [1.29, 1.82) is 0 Å². The highest BCUT2D eigenvalue weighted by Gasteiger charge is 2.20. The molecule has 0 fully saturated rings. The van der Waals surface area contributed by atoms with Crippen LogP contribution in [0.15, 0.2) is 42.6 Å². The van der Waals surface area contributed by atoms with Gasteiger partial charge < -0.3 is 9.80 Å². The first-order valence-corrected chi connectivity index (χ1v) is 8.65. The third-order valence-electron chi connectivity index (χ3n) is 4.15. The SMILES string of the molecule is CCN(CC)C(=O)c1ccnc(C(=O)N(CC)c2cccc(C)c2)c1. The Morgan fingerprint density at radius 2 is 1.68 bits per heavy atom. The Labute approximate surface area is 149 Å². The van der Waals surface area contributed by atoms with E-state index < -0.39 is 0 Å². The number of nitrogens with zero attached hydrogens (tertiary/aromatic N) is 3. The van der Waals surface area contributed by atoms with Crippen LogP contribution in [-0.4, -0.2) is 41.3 Å². The summed E-state index contributed by atoms with van der Waals surface area (Å²) in [5.74, 6) is -0.289. The first-order valence-electron chi connectivity index (χ1n) is 8.65. The number of aromatic nitrogens is 1. The number of hydrogen-bond acceptors (Lipinski definition) is 3. The number of aryl methyl sites for hydroxylation is 1. The highest BCUT2D eigenvalue weighted by molar-refractivity contribution is 6.06. The quantitative estimate of drug-likeness (QED) is 0.809. The Balaban J connectivity index is 2.32. The maximum absolute atomic E-state index is 12.9. The van der Waals surface area contributed by atoms with E-state index in [0.717, 1.165) is 11.3 Å². The van der Waals surface area contributed by atoms with E-state index >= 15 is 0 Å². The van der Waals surface area contributed by atoms with Crippen molar-refractivity contribution >= 4 is 17.5 Å². The molecule has 2 amide bonds. The molecule has 5 nitrogen and oxygen atoms in total. The Kier molecular flexibility index (Phi) is 6.28. The van der Waals surface area contributed by atoms with Gasteiger partial charge in [0.1, 0.15) is 5.69 Å². The second-order valence-corrected chi connectivity index (χ2v) is 5.80. The zero-order chi connectivity index (χ0) is 18.4. The largest absolute Gasteiger partial charge is 0.339 e. The molecule has 0 aliphatic rings. The van der Waals surface area contributed by atoms with Crippen LogP contribution < -0.4 is 4.90 Å². The molecule has 0 atom stereocenters. The molecule has 0 bridgehead atoms. The van der Waals surface area contributed by atoms with Crippen molar-refractivity contribution in [3.63, 3.8) is 0 Å². The number of hydrogen-bond donors (Lipinski definition) is 0. The van der Waals surface area contributed by atoms with Crippen molar-refractivity contribution in [3.05, 3.63) is 59.4 Å². The Morgan fingerprint density at radius 1 is 0.960 bits per heavy atom. The predicted molar refractivity (Wildman–Crippen MR) is 100 cm³/mol. The topological polar surface area (TPSA) is 53.5 Å². The number of carbonyl (C=O) groups is 2. The van der Waals surface area contributed by atoms with E-state index in [1.165, 1.54) is 6.20 Å². The molecule has 132 valence electrons. The average molecular weight is 339 g/mol. The molecule has 0 saturated heterocycles. The van der Waals surface area contributed by atoms with Crippen LogP contribution in [0.1, 0.15) is 47.2 Å². The molecule has 1 aromatic heterocycles. The van der Waals surface area contributed by atoms with Crippen LogP contribution in [-0.2, 0) is 0 Å². The Bertz CT molecular complexity index is 754. The Hall–Kier alpha value is -2.69. The predicted octanol–water partition coefficient (Wildman–Crippen LogP) is 3.54. The lowest BCUT2D eigenvalue weighted by molar-refractivity contribution is 0.0773. The molecule has 5 heteroatoms. The Morgan fingerprint density at radius 3 is 2.28 bits per heavy atom. The van der Waals surface area contributed by atoms with Gasteiger partial charge in [0, 0.05) is 37.1 Å². The molecule has 0 aliphatic heterocycles. The molecule has 2 aromatic rings. The van der Waals surface area contributed by atoms with Crippen LogP contribution in [0, 0.1) is 6.92 Å². The van der Waals surface area contributed by atoms with Gasteiger partial charge in [-0.05, 0) is 57.5 Å². The van der Waals surface area contributed by atoms with Gasteiger partial charge >= 0.3 is 0 Å². The minimum Gasteiger partial charge on any atom is -0.339 e. The third-order valence-corrected chi connectivity index (χ3v) is 4.15. The average Bonchev–Trinajstić information content (AvgIpc) is 2.63. The van der Waals surface area contributed by atoms with Gasteiger partial charge in [-0.3, -0.25) is 14.6 Å². The van der Waals surface area contributed by atoms with Crippen LogP contribution >= 0.6 is 0 Å². The summed E-state index contributed by atoms with van der Waals surface area (Å²) in [7, 11) is 0. The maximum atomic E-state index is 12.9. The molecular formula is C20H25N3O2.